The van der Waals surface area contributed by atoms with Gasteiger partial charge in [-0.3, -0.25) is 9.58 Å². The highest BCUT2D eigenvalue weighted by Crippen LogP contribution is 2.23. The first-order valence-corrected chi connectivity index (χ1v) is 8.40. The molecule has 6 heteroatoms. The summed E-state index contributed by atoms with van der Waals surface area (Å²) < 4.78 is 1.86. The average Bonchev–Trinajstić information content (AvgIpc) is 3.07. The van der Waals surface area contributed by atoms with Gasteiger partial charge in [-0.1, -0.05) is 0 Å². The second kappa shape index (κ2) is 6.20. The number of fused-ring (bicyclic) bond motifs is 1. The second-order valence-corrected chi connectivity index (χ2v) is 6.36. The number of hydrogen-bond donors (Lipinski definition) is 0. The van der Waals surface area contributed by atoms with Crippen LogP contribution in [0.3, 0.4) is 0 Å². The van der Waals surface area contributed by atoms with E-state index in [0.29, 0.717) is 6.04 Å². The van der Waals surface area contributed by atoms with E-state index in [9.17, 15) is 0 Å². The van der Waals surface area contributed by atoms with Gasteiger partial charge in [0.05, 0.1) is 17.6 Å². The Labute approximate surface area is 141 Å². The first-order valence-electron chi connectivity index (χ1n) is 8.40. The van der Waals surface area contributed by atoms with Crippen LogP contribution in [-0.2, 0) is 7.05 Å². The Morgan fingerprint density at radius 1 is 1.08 bits per heavy atom. The van der Waals surface area contributed by atoms with Crippen molar-refractivity contribution in [3.8, 4) is 0 Å². The van der Waals surface area contributed by atoms with Gasteiger partial charge in [-0.05, 0) is 31.2 Å². The summed E-state index contributed by atoms with van der Waals surface area (Å²) in [6.45, 7) is 6.32. The van der Waals surface area contributed by atoms with Gasteiger partial charge in [-0.2, -0.15) is 5.10 Å². The van der Waals surface area contributed by atoms with Gasteiger partial charge < -0.3 is 4.90 Å². The van der Waals surface area contributed by atoms with Gasteiger partial charge in [0, 0.05) is 57.0 Å². The standard InChI is InChI=1S/C18H22N6/c1-14(17-6-5-15-4-3-7-19-18(15)21-17)23-8-10-24(11-9-23)16-12-20-22(2)13-16/h3-7,12-14H,8-11H2,1-2H3/t14-/m0/s1. The van der Waals surface area contributed by atoms with Crippen molar-refractivity contribution in [2.75, 3.05) is 31.1 Å². The van der Waals surface area contributed by atoms with Crippen molar-refractivity contribution in [2.24, 2.45) is 7.05 Å². The van der Waals surface area contributed by atoms with E-state index in [-0.39, 0.29) is 0 Å². The maximum absolute atomic E-state index is 4.75. The molecule has 6 nitrogen and oxygen atoms in total. The number of aryl methyl sites for hydroxylation is 1. The van der Waals surface area contributed by atoms with Crippen LogP contribution in [0.2, 0.25) is 0 Å². The summed E-state index contributed by atoms with van der Waals surface area (Å²) in [7, 11) is 1.96. The maximum Gasteiger partial charge on any atom is 0.159 e. The molecule has 0 radical (unpaired) electrons. The van der Waals surface area contributed by atoms with E-state index >= 15 is 0 Å². The van der Waals surface area contributed by atoms with Gasteiger partial charge in [0.15, 0.2) is 5.65 Å². The van der Waals surface area contributed by atoms with E-state index in [2.05, 4.69) is 51.2 Å². The normalized spacial score (nSPS) is 17.3. The van der Waals surface area contributed by atoms with Crippen LogP contribution >= 0.6 is 0 Å². The Morgan fingerprint density at radius 3 is 2.67 bits per heavy atom. The molecule has 1 atom stereocenters. The Morgan fingerprint density at radius 2 is 1.92 bits per heavy atom. The molecule has 0 aromatic carbocycles. The molecule has 1 aliphatic rings. The van der Waals surface area contributed by atoms with Gasteiger partial charge in [0.1, 0.15) is 0 Å². The molecule has 0 spiro atoms. The van der Waals surface area contributed by atoms with Crippen molar-refractivity contribution >= 4 is 16.7 Å². The zero-order valence-corrected chi connectivity index (χ0v) is 14.1. The van der Waals surface area contributed by atoms with E-state index in [1.807, 2.05) is 24.0 Å². The fourth-order valence-electron chi connectivity index (χ4n) is 3.33. The number of anilines is 1. The van der Waals surface area contributed by atoms with Crippen molar-refractivity contribution < 1.29 is 0 Å². The number of hydrogen-bond acceptors (Lipinski definition) is 5. The van der Waals surface area contributed by atoms with Crippen molar-refractivity contribution in [1.82, 2.24) is 24.6 Å². The summed E-state index contributed by atoms with van der Waals surface area (Å²) in [5.41, 5.74) is 3.13. The molecule has 1 fully saturated rings. The zero-order chi connectivity index (χ0) is 16.5. The van der Waals surface area contributed by atoms with Gasteiger partial charge >= 0.3 is 0 Å². The molecule has 0 N–H and O–H groups in total. The number of nitrogens with zero attached hydrogens (tertiary/aromatic N) is 6. The fourth-order valence-corrected chi connectivity index (χ4v) is 3.33. The monoisotopic (exact) mass is 322 g/mol. The van der Waals surface area contributed by atoms with Crippen LogP contribution in [0.4, 0.5) is 5.69 Å². The summed E-state index contributed by atoms with van der Waals surface area (Å²) in [6.07, 6.45) is 5.82. The number of aromatic nitrogens is 4. The molecule has 0 amide bonds. The highest BCUT2D eigenvalue weighted by Gasteiger charge is 2.23. The highest BCUT2D eigenvalue weighted by atomic mass is 15.3. The average molecular weight is 322 g/mol. The van der Waals surface area contributed by atoms with Gasteiger partial charge in [0.2, 0.25) is 0 Å². The van der Waals surface area contributed by atoms with Crippen LogP contribution in [0.1, 0.15) is 18.7 Å². The van der Waals surface area contributed by atoms with Gasteiger partial charge in [0.25, 0.3) is 0 Å². The second-order valence-electron chi connectivity index (χ2n) is 6.36. The minimum atomic E-state index is 0.299. The molecule has 0 unspecified atom stereocenters. The predicted molar refractivity (Wildman–Crippen MR) is 94.9 cm³/mol. The molecular weight excluding hydrogens is 300 g/mol. The first kappa shape index (κ1) is 15.1. The molecular formula is C18H22N6. The fraction of sp³-hybridized carbons (Fsp3) is 0.389. The van der Waals surface area contributed by atoms with Crippen LogP contribution in [0.25, 0.3) is 11.0 Å². The maximum atomic E-state index is 4.75. The van der Waals surface area contributed by atoms with E-state index in [1.54, 1.807) is 6.20 Å². The molecule has 1 saturated heterocycles. The molecule has 4 heterocycles. The lowest BCUT2D eigenvalue weighted by Crippen LogP contribution is -2.47. The van der Waals surface area contributed by atoms with Crippen LogP contribution in [0.5, 0.6) is 0 Å². The van der Waals surface area contributed by atoms with Gasteiger partial charge in [-0.25, -0.2) is 9.97 Å². The van der Waals surface area contributed by atoms with E-state index in [1.165, 1.54) is 5.69 Å². The molecule has 124 valence electrons. The third-order valence-corrected chi connectivity index (χ3v) is 4.83. The smallest absolute Gasteiger partial charge is 0.159 e. The Bertz CT molecular complexity index is 834. The zero-order valence-electron chi connectivity index (χ0n) is 14.1. The Balaban J connectivity index is 1.46. The molecule has 3 aromatic heterocycles. The summed E-state index contributed by atoms with van der Waals surface area (Å²) in [5.74, 6) is 0. The van der Waals surface area contributed by atoms with Crippen LogP contribution in [-0.4, -0.2) is 50.8 Å². The summed E-state index contributed by atoms with van der Waals surface area (Å²) in [5, 5.41) is 5.36. The predicted octanol–water partition coefficient (Wildman–Crippen LogP) is 2.25. The van der Waals surface area contributed by atoms with E-state index in [0.717, 1.165) is 42.9 Å². The first-order chi connectivity index (χ1) is 11.7. The number of rotatable bonds is 3. The third kappa shape index (κ3) is 2.85. The SMILES string of the molecule is C[C@@H](c1ccc2cccnc2n1)N1CCN(c2cnn(C)c2)CC1. The minimum absolute atomic E-state index is 0.299. The minimum Gasteiger partial charge on any atom is -0.366 e. The van der Waals surface area contributed by atoms with Crippen molar-refractivity contribution in [2.45, 2.75) is 13.0 Å². The molecule has 0 saturated carbocycles. The molecule has 24 heavy (non-hydrogen) atoms. The van der Waals surface area contributed by atoms with Crippen LogP contribution < -0.4 is 4.90 Å². The van der Waals surface area contributed by atoms with Crippen molar-refractivity contribution in [3.63, 3.8) is 0 Å². The van der Waals surface area contributed by atoms with Crippen LogP contribution in [0, 0.1) is 0 Å². The summed E-state index contributed by atoms with van der Waals surface area (Å²) in [4.78, 5) is 14.0. The number of pyridine rings is 2. The number of piperazine rings is 1. The van der Waals surface area contributed by atoms with Crippen LogP contribution in [0.15, 0.2) is 42.9 Å². The third-order valence-electron chi connectivity index (χ3n) is 4.83. The van der Waals surface area contributed by atoms with E-state index in [4.69, 9.17) is 4.98 Å². The van der Waals surface area contributed by atoms with Gasteiger partial charge in [-0.15, -0.1) is 0 Å². The summed E-state index contributed by atoms with van der Waals surface area (Å²) >= 11 is 0. The molecule has 1 aliphatic heterocycles. The van der Waals surface area contributed by atoms with E-state index < -0.39 is 0 Å². The lowest BCUT2D eigenvalue weighted by molar-refractivity contribution is 0.195. The Hall–Kier alpha value is -2.47. The lowest BCUT2D eigenvalue weighted by Gasteiger charge is -2.38. The van der Waals surface area contributed by atoms with Crippen molar-refractivity contribution in [3.05, 3.63) is 48.5 Å². The molecule has 3 aromatic rings. The highest BCUT2D eigenvalue weighted by molar-refractivity contribution is 5.74. The molecule has 0 bridgehead atoms. The molecule has 0 aliphatic carbocycles. The molecule has 4 rings (SSSR count). The summed E-state index contributed by atoms with van der Waals surface area (Å²) in [6, 6.07) is 8.55. The Kier molecular flexibility index (Phi) is 3.90. The van der Waals surface area contributed by atoms with Crippen molar-refractivity contribution in [1.29, 1.82) is 0 Å². The quantitative estimate of drug-likeness (QED) is 0.740. The topological polar surface area (TPSA) is 50.1 Å². The largest absolute Gasteiger partial charge is 0.366 e. The lowest BCUT2D eigenvalue weighted by atomic mass is 10.1.